The second-order valence-electron chi connectivity index (χ2n) is 4.19. The molecule has 0 atom stereocenters. The van der Waals surface area contributed by atoms with Crippen molar-refractivity contribution in [1.82, 2.24) is 0 Å². The summed E-state index contributed by atoms with van der Waals surface area (Å²) in [6, 6.07) is 11.1. The Hall–Kier alpha value is -1.88. The number of carbonyl (C=O) groups is 1. The lowest BCUT2D eigenvalue weighted by atomic mass is 10.2. The number of rotatable bonds is 3. The molecule has 0 spiro atoms. The van der Waals surface area contributed by atoms with Crippen molar-refractivity contribution >= 4 is 27.5 Å². The molecule has 3 nitrogen and oxygen atoms in total. The van der Waals surface area contributed by atoms with Crippen molar-refractivity contribution in [1.29, 1.82) is 0 Å². The van der Waals surface area contributed by atoms with Crippen LogP contribution in [-0.4, -0.2) is 20.1 Å². The fourth-order valence-electron chi connectivity index (χ4n) is 1.78. The maximum atomic E-state index is 13.3. The van der Waals surface area contributed by atoms with Gasteiger partial charge in [-0.1, -0.05) is 6.07 Å². The molecule has 0 radical (unpaired) electrons. The van der Waals surface area contributed by atoms with E-state index < -0.39 is 5.82 Å². The van der Waals surface area contributed by atoms with E-state index in [0.29, 0.717) is 15.9 Å². The van der Waals surface area contributed by atoms with Crippen LogP contribution in [0.2, 0.25) is 0 Å². The Kier molecular flexibility index (Phi) is 4.39. The van der Waals surface area contributed by atoms with E-state index in [2.05, 4.69) is 15.9 Å². The maximum absolute atomic E-state index is 13.3. The molecule has 0 aliphatic rings. The van der Waals surface area contributed by atoms with E-state index in [1.54, 1.807) is 38.4 Å². The van der Waals surface area contributed by atoms with Crippen LogP contribution < -0.4 is 9.64 Å². The average Bonchev–Trinajstić information content (AvgIpc) is 2.48. The first-order chi connectivity index (χ1) is 9.52. The quantitative estimate of drug-likeness (QED) is 0.850. The van der Waals surface area contributed by atoms with Crippen LogP contribution in [0, 0.1) is 5.82 Å². The van der Waals surface area contributed by atoms with Gasteiger partial charge < -0.3 is 9.64 Å². The fraction of sp³-hybridized carbons (Fsp3) is 0.133. The Morgan fingerprint density at radius 1 is 1.25 bits per heavy atom. The molecule has 0 N–H and O–H groups in total. The van der Waals surface area contributed by atoms with E-state index in [1.165, 1.54) is 23.1 Å². The number of hydrogen-bond acceptors (Lipinski definition) is 2. The van der Waals surface area contributed by atoms with Crippen molar-refractivity contribution < 1.29 is 13.9 Å². The molecule has 20 heavy (non-hydrogen) atoms. The summed E-state index contributed by atoms with van der Waals surface area (Å²) in [5, 5.41) is 0. The number of nitrogens with zero attached hydrogens (tertiary/aromatic N) is 1. The number of ether oxygens (including phenoxy) is 1. The first-order valence-electron chi connectivity index (χ1n) is 5.90. The number of carbonyl (C=O) groups excluding carboxylic acids is 1. The predicted octanol–water partition coefficient (Wildman–Crippen LogP) is 3.87. The summed E-state index contributed by atoms with van der Waals surface area (Å²) < 4.78 is 19.0. The third kappa shape index (κ3) is 2.99. The molecule has 0 unspecified atom stereocenters. The van der Waals surface area contributed by atoms with E-state index in [0.717, 1.165) is 0 Å². The molecule has 0 saturated heterocycles. The van der Waals surface area contributed by atoms with Crippen molar-refractivity contribution in [3.05, 3.63) is 58.3 Å². The third-order valence-electron chi connectivity index (χ3n) is 2.90. The van der Waals surface area contributed by atoms with Gasteiger partial charge in [0.1, 0.15) is 11.6 Å². The topological polar surface area (TPSA) is 29.5 Å². The highest BCUT2D eigenvalue weighted by molar-refractivity contribution is 9.10. The minimum Gasteiger partial charge on any atom is -0.497 e. The van der Waals surface area contributed by atoms with Gasteiger partial charge in [-0.3, -0.25) is 4.79 Å². The Bertz CT molecular complexity index is 646. The van der Waals surface area contributed by atoms with Crippen LogP contribution in [0.15, 0.2) is 46.9 Å². The summed E-state index contributed by atoms with van der Waals surface area (Å²) in [4.78, 5) is 13.9. The first kappa shape index (κ1) is 14.5. The Balaban J connectivity index is 2.34. The van der Waals surface area contributed by atoms with Gasteiger partial charge in [0.05, 0.1) is 12.7 Å². The molecule has 0 aliphatic heterocycles. The highest BCUT2D eigenvalue weighted by atomic mass is 79.9. The molecule has 2 rings (SSSR count). The molecule has 0 fully saturated rings. The van der Waals surface area contributed by atoms with Crippen LogP contribution in [0.1, 0.15) is 10.4 Å². The number of methoxy groups -OCH3 is 1. The van der Waals surface area contributed by atoms with E-state index in [-0.39, 0.29) is 11.5 Å². The van der Waals surface area contributed by atoms with Gasteiger partial charge in [-0.05, 0) is 46.3 Å². The number of amides is 1. The monoisotopic (exact) mass is 337 g/mol. The van der Waals surface area contributed by atoms with Crippen LogP contribution in [-0.2, 0) is 0 Å². The van der Waals surface area contributed by atoms with E-state index >= 15 is 0 Å². The second-order valence-corrected chi connectivity index (χ2v) is 5.04. The van der Waals surface area contributed by atoms with Gasteiger partial charge in [0.2, 0.25) is 0 Å². The normalized spacial score (nSPS) is 10.2. The molecule has 2 aromatic rings. The minimum atomic E-state index is -0.449. The largest absolute Gasteiger partial charge is 0.497 e. The molecule has 1 amide bonds. The van der Waals surface area contributed by atoms with Gasteiger partial charge >= 0.3 is 0 Å². The van der Waals surface area contributed by atoms with Crippen LogP contribution in [0.25, 0.3) is 0 Å². The van der Waals surface area contributed by atoms with Gasteiger partial charge in [0.25, 0.3) is 5.91 Å². The molecule has 0 heterocycles. The highest BCUT2D eigenvalue weighted by Gasteiger charge is 2.17. The summed E-state index contributed by atoms with van der Waals surface area (Å²) in [5.74, 6) is -0.0966. The number of halogens is 2. The standard InChI is InChI=1S/C15H13BrFNO2/c1-18(11-4-3-5-12(9-11)20-2)15(19)13-8-10(17)6-7-14(13)16/h3-9H,1-2H3. The molecule has 0 bridgehead atoms. The molecule has 0 aromatic heterocycles. The summed E-state index contributed by atoms with van der Waals surface area (Å²) >= 11 is 3.26. The van der Waals surface area contributed by atoms with Crippen molar-refractivity contribution in [2.24, 2.45) is 0 Å². The molecule has 5 heteroatoms. The number of anilines is 1. The number of hydrogen-bond donors (Lipinski definition) is 0. The summed E-state index contributed by atoms with van der Waals surface area (Å²) in [6.45, 7) is 0. The van der Waals surface area contributed by atoms with Crippen LogP contribution in [0.3, 0.4) is 0 Å². The van der Waals surface area contributed by atoms with Crippen LogP contribution in [0.5, 0.6) is 5.75 Å². The van der Waals surface area contributed by atoms with Crippen molar-refractivity contribution in [3.8, 4) is 5.75 Å². The van der Waals surface area contributed by atoms with Crippen LogP contribution in [0.4, 0.5) is 10.1 Å². The lowest BCUT2D eigenvalue weighted by Crippen LogP contribution is -2.26. The Labute approximate surface area is 125 Å². The summed E-state index contributed by atoms with van der Waals surface area (Å²) in [6.07, 6.45) is 0. The van der Waals surface area contributed by atoms with Gasteiger partial charge in [-0.2, -0.15) is 0 Å². The second kappa shape index (κ2) is 6.05. The summed E-state index contributed by atoms with van der Waals surface area (Å²) in [5.41, 5.74) is 0.945. The Morgan fingerprint density at radius 2 is 2.00 bits per heavy atom. The van der Waals surface area contributed by atoms with Crippen molar-refractivity contribution in [2.75, 3.05) is 19.1 Å². The van der Waals surface area contributed by atoms with Gasteiger partial charge in [-0.15, -0.1) is 0 Å². The zero-order valence-electron chi connectivity index (χ0n) is 11.1. The Morgan fingerprint density at radius 3 is 2.70 bits per heavy atom. The van der Waals surface area contributed by atoms with Crippen molar-refractivity contribution in [3.63, 3.8) is 0 Å². The lowest BCUT2D eigenvalue weighted by molar-refractivity contribution is 0.0992. The maximum Gasteiger partial charge on any atom is 0.259 e. The van der Waals surface area contributed by atoms with Gasteiger partial charge in [-0.25, -0.2) is 4.39 Å². The van der Waals surface area contributed by atoms with Crippen molar-refractivity contribution in [2.45, 2.75) is 0 Å². The molecule has 0 saturated carbocycles. The smallest absolute Gasteiger partial charge is 0.259 e. The lowest BCUT2D eigenvalue weighted by Gasteiger charge is -2.18. The van der Waals surface area contributed by atoms with E-state index in [4.69, 9.17) is 4.74 Å². The van der Waals surface area contributed by atoms with Crippen LogP contribution >= 0.6 is 15.9 Å². The predicted molar refractivity (Wildman–Crippen MR) is 79.8 cm³/mol. The number of benzene rings is 2. The molecule has 2 aromatic carbocycles. The first-order valence-corrected chi connectivity index (χ1v) is 6.69. The minimum absolute atomic E-state index is 0.273. The molecular formula is C15H13BrFNO2. The molecule has 104 valence electrons. The highest BCUT2D eigenvalue weighted by Crippen LogP contribution is 2.24. The fourth-order valence-corrected chi connectivity index (χ4v) is 2.19. The molecule has 0 aliphatic carbocycles. The third-order valence-corrected chi connectivity index (χ3v) is 3.60. The zero-order chi connectivity index (χ0) is 14.7. The van der Waals surface area contributed by atoms with Gasteiger partial charge in [0.15, 0.2) is 0 Å². The SMILES string of the molecule is COc1cccc(N(C)C(=O)c2cc(F)ccc2Br)c1. The summed E-state index contributed by atoms with van der Waals surface area (Å²) in [7, 11) is 3.19. The van der Waals surface area contributed by atoms with Gasteiger partial charge in [0, 0.05) is 23.3 Å². The zero-order valence-corrected chi connectivity index (χ0v) is 12.6. The molecular weight excluding hydrogens is 325 g/mol. The average molecular weight is 338 g/mol. The van der Waals surface area contributed by atoms with E-state index in [1.807, 2.05) is 0 Å². The van der Waals surface area contributed by atoms with E-state index in [9.17, 15) is 9.18 Å².